The topological polar surface area (TPSA) is 56.3 Å². The van der Waals surface area contributed by atoms with Crippen molar-refractivity contribution in [2.45, 2.75) is 18.9 Å². The van der Waals surface area contributed by atoms with Crippen LogP contribution in [0.25, 0.3) is 11.4 Å². The van der Waals surface area contributed by atoms with E-state index in [4.69, 9.17) is 9.47 Å². The fourth-order valence-corrected chi connectivity index (χ4v) is 2.40. The van der Waals surface area contributed by atoms with Crippen molar-refractivity contribution < 1.29 is 9.47 Å². The molecule has 6 heteroatoms. The largest absolute Gasteiger partial charge is 0.497 e. The Bertz CT molecular complexity index is 559. The van der Waals surface area contributed by atoms with Gasteiger partial charge in [0.25, 0.3) is 0 Å². The van der Waals surface area contributed by atoms with Gasteiger partial charge in [-0.05, 0) is 25.0 Å². The number of nitrogens with zero attached hydrogens (tertiary/aromatic N) is 2. The normalized spacial score (nSPS) is 14.2. The van der Waals surface area contributed by atoms with Crippen LogP contribution in [-0.2, 0) is 0 Å². The standard InChI is InChI=1S/C13H15N3O2S/c1-17-10-5-8(6-11(7-10)18-2)12-15-13(19-16-12)14-9-3-4-9/h5-7,9H,3-4H2,1-2H3,(H,14,15,16). The lowest BCUT2D eigenvalue weighted by Crippen LogP contribution is -1.99. The van der Waals surface area contributed by atoms with Gasteiger partial charge in [-0.15, -0.1) is 0 Å². The van der Waals surface area contributed by atoms with Crippen LogP contribution in [0.1, 0.15) is 12.8 Å². The zero-order chi connectivity index (χ0) is 13.2. The van der Waals surface area contributed by atoms with Gasteiger partial charge in [0.2, 0.25) is 5.13 Å². The summed E-state index contributed by atoms with van der Waals surface area (Å²) in [6.07, 6.45) is 2.45. The zero-order valence-electron chi connectivity index (χ0n) is 10.8. The van der Waals surface area contributed by atoms with E-state index in [1.54, 1.807) is 14.2 Å². The van der Waals surface area contributed by atoms with Crippen LogP contribution in [0, 0.1) is 0 Å². The molecule has 1 N–H and O–H groups in total. The number of anilines is 1. The molecule has 1 aromatic heterocycles. The molecule has 1 aliphatic rings. The fourth-order valence-electron chi connectivity index (χ4n) is 1.74. The fraction of sp³-hybridized carbons (Fsp3) is 0.385. The van der Waals surface area contributed by atoms with Gasteiger partial charge in [0, 0.05) is 29.2 Å². The molecular weight excluding hydrogens is 262 g/mol. The van der Waals surface area contributed by atoms with Crippen molar-refractivity contribution in [3.63, 3.8) is 0 Å². The summed E-state index contributed by atoms with van der Waals surface area (Å²) in [6.45, 7) is 0. The Morgan fingerprint density at radius 3 is 2.42 bits per heavy atom. The number of hydrogen-bond donors (Lipinski definition) is 1. The smallest absolute Gasteiger partial charge is 0.203 e. The van der Waals surface area contributed by atoms with Gasteiger partial charge in [0.05, 0.1) is 14.2 Å². The highest BCUT2D eigenvalue weighted by atomic mass is 32.1. The molecule has 0 atom stereocenters. The van der Waals surface area contributed by atoms with E-state index in [2.05, 4.69) is 14.7 Å². The lowest BCUT2D eigenvalue weighted by atomic mass is 10.2. The third-order valence-electron chi connectivity index (χ3n) is 2.94. The van der Waals surface area contributed by atoms with Gasteiger partial charge in [0.15, 0.2) is 5.82 Å². The van der Waals surface area contributed by atoms with Crippen LogP contribution >= 0.6 is 11.5 Å². The second kappa shape index (κ2) is 5.05. The summed E-state index contributed by atoms with van der Waals surface area (Å²) in [5, 5.41) is 4.22. The third kappa shape index (κ3) is 2.78. The molecule has 19 heavy (non-hydrogen) atoms. The zero-order valence-corrected chi connectivity index (χ0v) is 11.7. The van der Waals surface area contributed by atoms with Crippen LogP contribution in [0.3, 0.4) is 0 Å². The number of rotatable bonds is 5. The first kappa shape index (κ1) is 12.2. The molecule has 1 saturated carbocycles. The van der Waals surface area contributed by atoms with E-state index in [1.165, 1.54) is 24.4 Å². The Morgan fingerprint density at radius 2 is 1.84 bits per heavy atom. The molecular formula is C13H15N3O2S. The summed E-state index contributed by atoms with van der Waals surface area (Å²) in [7, 11) is 3.26. The Balaban J connectivity index is 1.88. The van der Waals surface area contributed by atoms with Crippen LogP contribution in [0.15, 0.2) is 18.2 Å². The monoisotopic (exact) mass is 277 g/mol. The molecule has 100 valence electrons. The van der Waals surface area contributed by atoms with E-state index in [9.17, 15) is 0 Å². The molecule has 0 amide bonds. The van der Waals surface area contributed by atoms with Gasteiger partial charge >= 0.3 is 0 Å². The quantitative estimate of drug-likeness (QED) is 0.910. The first-order chi connectivity index (χ1) is 9.28. The lowest BCUT2D eigenvalue weighted by molar-refractivity contribution is 0.394. The molecule has 2 aromatic rings. The van der Waals surface area contributed by atoms with E-state index in [1.807, 2.05) is 18.2 Å². The number of hydrogen-bond acceptors (Lipinski definition) is 6. The van der Waals surface area contributed by atoms with Crippen LogP contribution in [0.5, 0.6) is 11.5 Å². The molecule has 0 radical (unpaired) electrons. The molecule has 0 saturated heterocycles. The Hall–Kier alpha value is -1.82. The Kier molecular flexibility index (Phi) is 3.25. The Morgan fingerprint density at radius 1 is 1.16 bits per heavy atom. The maximum absolute atomic E-state index is 5.25. The van der Waals surface area contributed by atoms with Crippen molar-refractivity contribution in [3.8, 4) is 22.9 Å². The van der Waals surface area contributed by atoms with Crippen molar-refractivity contribution in [2.75, 3.05) is 19.5 Å². The van der Waals surface area contributed by atoms with E-state index in [0.717, 1.165) is 22.2 Å². The number of methoxy groups -OCH3 is 2. The minimum absolute atomic E-state index is 0.584. The maximum Gasteiger partial charge on any atom is 0.203 e. The lowest BCUT2D eigenvalue weighted by Gasteiger charge is -2.06. The Labute approximate surface area is 115 Å². The first-order valence-electron chi connectivity index (χ1n) is 6.12. The predicted molar refractivity (Wildman–Crippen MR) is 75.1 cm³/mol. The molecule has 0 bridgehead atoms. The van der Waals surface area contributed by atoms with Gasteiger partial charge in [-0.3, -0.25) is 0 Å². The predicted octanol–water partition coefficient (Wildman–Crippen LogP) is 2.80. The maximum atomic E-state index is 5.25. The summed E-state index contributed by atoms with van der Waals surface area (Å²) in [6, 6.07) is 6.23. The highest BCUT2D eigenvalue weighted by molar-refractivity contribution is 7.09. The number of aromatic nitrogens is 2. The minimum Gasteiger partial charge on any atom is -0.497 e. The highest BCUT2D eigenvalue weighted by Gasteiger charge is 2.22. The summed E-state index contributed by atoms with van der Waals surface area (Å²) < 4.78 is 14.9. The van der Waals surface area contributed by atoms with Gasteiger partial charge in [-0.25, -0.2) is 0 Å². The van der Waals surface area contributed by atoms with E-state index in [0.29, 0.717) is 11.9 Å². The van der Waals surface area contributed by atoms with E-state index >= 15 is 0 Å². The van der Waals surface area contributed by atoms with Crippen LogP contribution in [0.4, 0.5) is 5.13 Å². The van der Waals surface area contributed by atoms with Crippen LogP contribution < -0.4 is 14.8 Å². The first-order valence-corrected chi connectivity index (χ1v) is 6.89. The average Bonchev–Trinajstić information content (AvgIpc) is 3.13. The highest BCUT2D eigenvalue weighted by Crippen LogP contribution is 2.31. The second-order valence-corrected chi connectivity index (χ2v) is 5.19. The molecule has 1 heterocycles. The molecule has 0 aliphatic heterocycles. The van der Waals surface area contributed by atoms with Crippen molar-refractivity contribution >= 4 is 16.7 Å². The van der Waals surface area contributed by atoms with Crippen LogP contribution in [-0.4, -0.2) is 29.6 Å². The summed E-state index contributed by atoms with van der Waals surface area (Å²) >= 11 is 1.39. The van der Waals surface area contributed by atoms with Crippen LogP contribution in [0.2, 0.25) is 0 Å². The molecule has 1 fully saturated rings. The average molecular weight is 277 g/mol. The summed E-state index contributed by atoms with van der Waals surface area (Å²) in [5.74, 6) is 2.17. The van der Waals surface area contributed by atoms with Gasteiger partial charge in [-0.1, -0.05) is 0 Å². The molecule has 1 aliphatic carbocycles. The SMILES string of the molecule is COc1cc(OC)cc(-c2nsc(NC3CC3)n2)c1. The van der Waals surface area contributed by atoms with Gasteiger partial charge in [0.1, 0.15) is 11.5 Å². The number of benzene rings is 1. The molecule has 0 spiro atoms. The van der Waals surface area contributed by atoms with Crippen molar-refractivity contribution in [1.29, 1.82) is 0 Å². The molecule has 1 aromatic carbocycles. The summed E-state index contributed by atoms with van der Waals surface area (Å²) in [5.41, 5.74) is 0.899. The second-order valence-electron chi connectivity index (χ2n) is 4.44. The van der Waals surface area contributed by atoms with E-state index < -0.39 is 0 Å². The third-order valence-corrected chi connectivity index (χ3v) is 3.59. The van der Waals surface area contributed by atoms with Gasteiger partial charge < -0.3 is 14.8 Å². The van der Waals surface area contributed by atoms with Gasteiger partial charge in [-0.2, -0.15) is 9.36 Å². The number of ether oxygens (including phenoxy) is 2. The molecule has 0 unspecified atom stereocenters. The number of nitrogens with one attached hydrogen (secondary N) is 1. The molecule has 3 rings (SSSR count). The van der Waals surface area contributed by atoms with Crippen molar-refractivity contribution in [2.24, 2.45) is 0 Å². The van der Waals surface area contributed by atoms with Crippen molar-refractivity contribution in [1.82, 2.24) is 9.36 Å². The minimum atomic E-state index is 0.584. The molecule has 5 nitrogen and oxygen atoms in total. The summed E-state index contributed by atoms with van der Waals surface area (Å²) in [4.78, 5) is 4.50. The van der Waals surface area contributed by atoms with Crippen molar-refractivity contribution in [3.05, 3.63) is 18.2 Å². The van der Waals surface area contributed by atoms with E-state index in [-0.39, 0.29) is 0 Å².